The van der Waals surface area contributed by atoms with Crippen LogP contribution >= 0.6 is 0 Å². The Labute approximate surface area is 464 Å². The summed E-state index contributed by atoms with van der Waals surface area (Å²) in [4.78, 5) is 5.36. The normalized spacial score (nSPS) is 15.9. The molecule has 0 amide bonds. The average Bonchev–Trinajstić information content (AvgIpc) is 3.58. The first-order valence-electron chi connectivity index (χ1n) is 28.7. The summed E-state index contributed by atoms with van der Waals surface area (Å²) < 4.78 is 0. The van der Waals surface area contributed by atoms with Crippen LogP contribution in [0.3, 0.4) is 0 Å². The van der Waals surface area contributed by atoms with Crippen LogP contribution in [0.25, 0.3) is 11.1 Å². The summed E-state index contributed by atoms with van der Waals surface area (Å²) >= 11 is 0. The number of hydrogen-bond acceptors (Lipinski definition) is 2. The molecule has 392 valence electrons. The van der Waals surface area contributed by atoms with Gasteiger partial charge in [-0.3, -0.25) is 0 Å². The summed E-state index contributed by atoms with van der Waals surface area (Å²) in [6, 6.07) is 66.5. The van der Waals surface area contributed by atoms with Crippen LogP contribution in [0, 0.1) is 0 Å². The largest absolute Gasteiger partial charge is 0.311 e. The summed E-state index contributed by atoms with van der Waals surface area (Å²) in [7, 11) is 0. The molecule has 3 aliphatic rings. The number of nitrogens with zero attached hydrogens (tertiary/aromatic N) is 2. The minimum atomic E-state index is -0.248. The molecule has 0 unspecified atom stereocenters. The van der Waals surface area contributed by atoms with Crippen molar-refractivity contribution >= 4 is 57.2 Å². The highest BCUT2D eigenvalue weighted by Crippen LogP contribution is 2.53. The smallest absolute Gasteiger partial charge is 0.252 e. The van der Waals surface area contributed by atoms with E-state index in [9.17, 15) is 0 Å². The minimum Gasteiger partial charge on any atom is -0.311 e. The number of anilines is 6. The Hall–Kier alpha value is -6.58. The molecule has 2 heterocycles. The van der Waals surface area contributed by atoms with Crippen LogP contribution in [0.1, 0.15) is 181 Å². The zero-order valence-electron chi connectivity index (χ0n) is 49.6. The SMILES string of the molecule is CC(C)(C)c1cccc(-c2cc(C(C)(C)C)ccc2N2c3cc4c(cc3B3c5cc(C(C)(C)c6ccccc6)ccc5N(c5ccc(C(C)(C)c6ccccc6)cc5)c5cc(C(C)(C)C)cc2c53)C(C)(C)CCC4(C)C)c1. The molecule has 0 N–H and O–H groups in total. The lowest BCUT2D eigenvalue weighted by atomic mass is 9.32. The third kappa shape index (κ3) is 8.89. The van der Waals surface area contributed by atoms with E-state index in [1.165, 1.54) is 112 Å². The summed E-state index contributed by atoms with van der Waals surface area (Å²) in [6.07, 6.45) is 2.29. The van der Waals surface area contributed by atoms with Crippen molar-refractivity contribution in [3.63, 3.8) is 0 Å². The topological polar surface area (TPSA) is 6.48 Å². The monoisotopic (exact) mass is 1010 g/mol. The summed E-state index contributed by atoms with van der Waals surface area (Å²) in [5.41, 5.74) is 25.6. The van der Waals surface area contributed by atoms with Gasteiger partial charge >= 0.3 is 0 Å². The Morgan fingerprint density at radius 2 is 0.805 bits per heavy atom. The molecule has 2 aliphatic heterocycles. The van der Waals surface area contributed by atoms with Gasteiger partial charge in [-0.2, -0.15) is 0 Å². The van der Waals surface area contributed by atoms with Crippen LogP contribution < -0.4 is 26.2 Å². The lowest BCUT2D eigenvalue weighted by Gasteiger charge is -2.48. The third-order valence-electron chi connectivity index (χ3n) is 18.6. The van der Waals surface area contributed by atoms with Crippen LogP contribution in [0.15, 0.2) is 170 Å². The first-order valence-corrected chi connectivity index (χ1v) is 28.7. The van der Waals surface area contributed by atoms with Gasteiger partial charge in [-0.25, -0.2) is 0 Å². The number of hydrogen-bond donors (Lipinski definition) is 0. The van der Waals surface area contributed by atoms with Crippen molar-refractivity contribution < 1.29 is 0 Å². The fourth-order valence-electron chi connectivity index (χ4n) is 13.1. The van der Waals surface area contributed by atoms with Gasteiger partial charge in [0.25, 0.3) is 6.71 Å². The van der Waals surface area contributed by atoms with Gasteiger partial charge in [0.2, 0.25) is 0 Å². The Balaban J connectivity index is 1.27. The van der Waals surface area contributed by atoms with E-state index in [1.54, 1.807) is 0 Å². The van der Waals surface area contributed by atoms with E-state index in [0.717, 1.165) is 12.8 Å². The molecule has 0 aromatic heterocycles. The van der Waals surface area contributed by atoms with E-state index >= 15 is 0 Å². The van der Waals surface area contributed by atoms with Crippen molar-refractivity contribution in [1.82, 2.24) is 0 Å². The van der Waals surface area contributed by atoms with Gasteiger partial charge in [-0.05, 0) is 160 Å². The molecular formula is C74H83BN2. The number of rotatable bonds is 7. The van der Waals surface area contributed by atoms with Crippen molar-refractivity contribution in [1.29, 1.82) is 0 Å². The van der Waals surface area contributed by atoms with Crippen LogP contribution in [0.2, 0.25) is 0 Å². The molecule has 0 bridgehead atoms. The highest BCUT2D eigenvalue weighted by Gasteiger charge is 2.48. The van der Waals surface area contributed by atoms with Crippen molar-refractivity contribution in [2.45, 2.75) is 168 Å². The quantitative estimate of drug-likeness (QED) is 0.147. The van der Waals surface area contributed by atoms with Crippen molar-refractivity contribution in [2.24, 2.45) is 0 Å². The molecule has 1 aliphatic carbocycles. The van der Waals surface area contributed by atoms with Crippen LogP contribution in [-0.2, 0) is 37.9 Å². The molecule has 77 heavy (non-hydrogen) atoms. The second-order valence-corrected chi connectivity index (χ2v) is 28.6. The maximum atomic E-state index is 2.73. The second kappa shape index (κ2) is 18.0. The van der Waals surface area contributed by atoms with Crippen molar-refractivity contribution in [3.8, 4) is 11.1 Å². The molecule has 0 radical (unpaired) electrons. The van der Waals surface area contributed by atoms with Crippen LogP contribution in [-0.4, -0.2) is 6.71 Å². The van der Waals surface area contributed by atoms with Gasteiger partial charge in [0.15, 0.2) is 0 Å². The molecule has 0 atom stereocenters. The lowest BCUT2D eigenvalue weighted by Crippen LogP contribution is -2.62. The van der Waals surface area contributed by atoms with E-state index in [4.69, 9.17) is 0 Å². The van der Waals surface area contributed by atoms with Crippen molar-refractivity contribution in [3.05, 3.63) is 220 Å². The fraction of sp³-hybridized carbons (Fsp3) is 0.351. The van der Waals surface area contributed by atoms with Gasteiger partial charge in [-0.15, -0.1) is 0 Å². The molecule has 0 spiro atoms. The number of benzene rings is 8. The summed E-state index contributed by atoms with van der Waals surface area (Å²) in [5.74, 6) is 0. The first kappa shape index (κ1) is 52.5. The Bertz CT molecular complexity index is 3570. The molecule has 0 saturated heterocycles. The van der Waals surface area contributed by atoms with Crippen LogP contribution in [0.4, 0.5) is 34.1 Å². The van der Waals surface area contributed by atoms with E-state index in [2.05, 4.69) is 297 Å². The summed E-state index contributed by atoms with van der Waals surface area (Å²) in [6.45, 7) is 40.7. The van der Waals surface area contributed by atoms with Gasteiger partial charge in [0.1, 0.15) is 0 Å². The zero-order valence-corrected chi connectivity index (χ0v) is 49.6. The summed E-state index contributed by atoms with van der Waals surface area (Å²) in [5, 5.41) is 0. The molecule has 2 nitrogen and oxygen atoms in total. The predicted molar refractivity (Wildman–Crippen MR) is 334 cm³/mol. The van der Waals surface area contributed by atoms with Gasteiger partial charge < -0.3 is 9.80 Å². The van der Waals surface area contributed by atoms with Gasteiger partial charge in [-0.1, -0.05) is 239 Å². The molecule has 0 saturated carbocycles. The molecule has 3 heteroatoms. The lowest BCUT2D eigenvalue weighted by molar-refractivity contribution is 0.332. The Kier molecular flexibility index (Phi) is 12.3. The third-order valence-corrected chi connectivity index (χ3v) is 18.6. The van der Waals surface area contributed by atoms with Crippen LogP contribution in [0.5, 0.6) is 0 Å². The molecule has 8 aromatic carbocycles. The maximum absolute atomic E-state index is 2.73. The van der Waals surface area contributed by atoms with E-state index in [0.29, 0.717) is 0 Å². The second-order valence-electron chi connectivity index (χ2n) is 28.6. The highest BCUT2D eigenvalue weighted by molar-refractivity contribution is 7.00. The van der Waals surface area contributed by atoms with E-state index < -0.39 is 0 Å². The maximum Gasteiger partial charge on any atom is 0.252 e. The van der Waals surface area contributed by atoms with Crippen molar-refractivity contribution in [2.75, 3.05) is 9.80 Å². The Morgan fingerprint density at radius 3 is 1.38 bits per heavy atom. The average molecular weight is 1010 g/mol. The fourth-order valence-corrected chi connectivity index (χ4v) is 13.1. The van der Waals surface area contributed by atoms with Gasteiger partial charge in [0.05, 0.1) is 5.69 Å². The van der Waals surface area contributed by atoms with E-state index in [-0.39, 0.29) is 44.6 Å². The number of fused-ring (bicyclic) bond motifs is 5. The predicted octanol–water partition coefficient (Wildman–Crippen LogP) is 18.3. The molecular weight excluding hydrogens is 928 g/mol. The minimum absolute atomic E-state index is 0.000398. The zero-order chi connectivity index (χ0) is 55.0. The highest BCUT2D eigenvalue weighted by atomic mass is 15.2. The molecule has 0 fully saturated rings. The van der Waals surface area contributed by atoms with E-state index in [1.807, 2.05) is 0 Å². The Morgan fingerprint density at radius 1 is 0.351 bits per heavy atom. The molecule has 8 aromatic rings. The van der Waals surface area contributed by atoms with Gasteiger partial charge in [0, 0.05) is 44.8 Å². The standard InChI is InChI=1S/C74H83BN2/c1-68(2,3)52-30-24-25-48(41-52)57-42-53(69(4,5)6)33-37-62(57)77-64-47-59-58(71(10,11)39-40-72(59,12)13)46-61(64)75-60-43-54(74(16,17)50-28-22-19-23-29-50)34-38-63(60)76(65-44-55(70(7,8)9)45-66(77)67(65)75)56-35-31-51(32-36-56)73(14,15)49-26-20-18-21-27-49/h18-38,41-47H,39-40H2,1-17H3. The first-order chi connectivity index (χ1) is 36.1. The molecule has 11 rings (SSSR count).